The fraction of sp³-hybridized carbons (Fsp3) is 0.353. The molecule has 0 saturated heterocycles. The Bertz CT molecular complexity index is 626. The van der Waals surface area contributed by atoms with Crippen LogP contribution in [0.25, 0.3) is 0 Å². The van der Waals surface area contributed by atoms with Gasteiger partial charge >= 0.3 is 0 Å². The monoisotopic (exact) mass is 348 g/mol. The van der Waals surface area contributed by atoms with Crippen molar-refractivity contribution >= 4 is 15.9 Å². The van der Waals surface area contributed by atoms with E-state index in [1.807, 2.05) is 38.1 Å². The van der Waals surface area contributed by atoms with Gasteiger partial charge in [-0.2, -0.15) is 0 Å². The van der Waals surface area contributed by atoms with E-state index in [0.717, 1.165) is 28.0 Å². The van der Waals surface area contributed by atoms with E-state index >= 15 is 0 Å². The van der Waals surface area contributed by atoms with Crippen LogP contribution in [0, 0.1) is 13.8 Å². The SMILES string of the molecule is Cc1cc(CNC(C)C)cc(Oc2ccc(Br)cc2C)n1. The zero-order valence-electron chi connectivity index (χ0n) is 12.9. The molecule has 1 heterocycles. The molecule has 4 heteroatoms. The van der Waals surface area contributed by atoms with Gasteiger partial charge in [0.05, 0.1) is 0 Å². The van der Waals surface area contributed by atoms with Crippen molar-refractivity contribution in [2.24, 2.45) is 0 Å². The fourth-order valence-corrected chi connectivity index (χ4v) is 2.50. The lowest BCUT2D eigenvalue weighted by Crippen LogP contribution is -2.21. The largest absolute Gasteiger partial charge is 0.439 e. The first-order valence-corrected chi connectivity index (χ1v) is 7.88. The van der Waals surface area contributed by atoms with Crippen molar-refractivity contribution in [1.29, 1.82) is 0 Å². The van der Waals surface area contributed by atoms with Gasteiger partial charge in [0.2, 0.25) is 5.88 Å². The average Bonchev–Trinajstić information content (AvgIpc) is 2.39. The van der Waals surface area contributed by atoms with E-state index in [1.165, 1.54) is 5.56 Å². The van der Waals surface area contributed by atoms with Gasteiger partial charge < -0.3 is 10.1 Å². The third-order valence-corrected chi connectivity index (χ3v) is 3.55. The highest BCUT2D eigenvalue weighted by molar-refractivity contribution is 9.10. The number of hydrogen-bond donors (Lipinski definition) is 1. The van der Waals surface area contributed by atoms with Crippen LogP contribution < -0.4 is 10.1 Å². The molecule has 21 heavy (non-hydrogen) atoms. The number of ether oxygens (including phenoxy) is 1. The van der Waals surface area contributed by atoms with Crippen LogP contribution in [0.15, 0.2) is 34.8 Å². The second-order valence-corrected chi connectivity index (χ2v) is 6.42. The summed E-state index contributed by atoms with van der Waals surface area (Å²) in [6.45, 7) is 9.10. The number of rotatable bonds is 5. The normalized spacial score (nSPS) is 11.0. The number of benzene rings is 1. The van der Waals surface area contributed by atoms with Gasteiger partial charge in [-0.15, -0.1) is 0 Å². The number of hydrogen-bond acceptors (Lipinski definition) is 3. The fourth-order valence-electron chi connectivity index (χ4n) is 2.02. The molecule has 0 aliphatic carbocycles. The van der Waals surface area contributed by atoms with Gasteiger partial charge in [0.25, 0.3) is 0 Å². The van der Waals surface area contributed by atoms with Crippen molar-refractivity contribution in [3.8, 4) is 11.6 Å². The highest BCUT2D eigenvalue weighted by Crippen LogP contribution is 2.27. The molecule has 1 aromatic heterocycles. The number of nitrogens with zero attached hydrogens (tertiary/aromatic N) is 1. The highest BCUT2D eigenvalue weighted by Gasteiger charge is 2.06. The van der Waals surface area contributed by atoms with Crippen LogP contribution in [0.3, 0.4) is 0 Å². The summed E-state index contributed by atoms with van der Waals surface area (Å²) >= 11 is 3.46. The minimum atomic E-state index is 0.455. The van der Waals surface area contributed by atoms with Crippen LogP contribution >= 0.6 is 15.9 Å². The Hall–Kier alpha value is -1.39. The Labute approximate surface area is 134 Å². The zero-order chi connectivity index (χ0) is 15.4. The van der Waals surface area contributed by atoms with Crippen LogP contribution in [0.1, 0.15) is 30.7 Å². The first-order valence-electron chi connectivity index (χ1n) is 7.09. The molecular weight excluding hydrogens is 328 g/mol. The van der Waals surface area contributed by atoms with Crippen molar-refractivity contribution in [2.45, 2.75) is 40.3 Å². The van der Waals surface area contributed by atoms with Crippen LogP contribution in [-0.4, -0.2) is 11.0 Å². The molecule has 1 aromatic carbocycles. The first-order chi connectivity index (χ1) is 9.94. The number of aryl methyl sites for hydroxylation is 2. The Morgan fingerprint density at radius 1 is 1.19 bits per heavy atom. The molecule has 112 valence electrons. The molecule has 3 nitrogen and oxygen atoms in total. The first kappa shape index (κ1) is 16.0. The van der Waals surface area contributed by atoms with Gasteiger partial charge in [-0.1, -0.05) is 29.8 Å². The van der Waals surface area contributed by atoms with E-state index in [2.05, 4.69) is 46.1 Å². The summed E-state index contributed by atoms with van der Waals surface area (Å²) in [4.78, 5) is 4.46. The van der Waals surface area contributed by atoms with Gasteiger partial charge in [0, 0.05) is 28.8 Å². The molecule has 0 radical (unpaired) electrons. The van der Waals surface area contributed by atoms with Crippen molar-refractivity contribution in [3.05, 3.63) is 51.6 Å². The van der Waals surface area contributed by atoms with Crippen molar-refractivity contribution in [1.82, 2.24) is 10.3 Å². The van der Waals surface area contributed by atoms with Crippen LogP contribution in [-0.2, 0) is 6.54 Å². The summed E-state index contributed by atoms with van der Waals surface area (Å²) in [5.41, 5.74) is 3.22. The summed E-state index contributed by atoms with van der Waals surface area (Å²) in [5.74, 6) is 1.47. The topological polar surface area (TPSA) is 34.1 Å². The minimum absolute atomic E-state index is 0.455. The molecule has 0 amide bonds. The van der Waals surface area contributed by atoms with E-state index in [-0.39, 0.29) is 0 Å². The molecule has 0 fully saturated rings. The Balaban J connectivity index is 2.19. The van der Waals surface area contributed by atoms with Crippen molar-refractivity contribution in [2.75, 3.05) is 0 Å². The van der Waals surface area contributed by atoms with Gasteiger partial charge in [-0.05, 0) is 49.2 Å². The second-order valence-electron chi connectivity index (χ2n) is 5.50. The van der Waals surface area contributed by atoms with E-state index < -0.39 is 0 Å². The molecular formula is C17H21BrN2O. The Morgan fingerprint density at radius 2 is 1.95 bits per heavy atom. The van der Waals surface area contributed by atoms with E-state index in [0.29, 0.717) is 11.9 Å². The van der Waals surface area contributed by atoms with Crippen LogP contribution in [0.5, 0.6) is 11.6 Å². The van der Waals surface area contributed by atoms with Gasteiger partial charge in [0.15, 0.2) is 0 Å². The molecule has 1 N–H and O–H groups in total. The highest BCUT2D eigenvalue weighted by atomic mass is 79.9. The summed E-state index contributed by atoms with van der Waals surface area (Å²) in [5, 5.41) is 3.41. The van der Waals surface area contributed by atoms with E-state index in [9.17, 15) is 0 Å². The summed E-state index contributed by atoms with van der Waals surface area (Å²) in [6, 6.07) is 10.5. The van der Waals surface area contributed by atoms with Gasteiger partial charge in [-0.3, -0.25) is 0 Å². The van der Waals surface area contributed by atoms with E-state index in [1.54, 1.807) is 0 Å². The third kappa shape index (κ3) is 4.83. The predicted octanol–water partition coefficient (Wildman–Crippen LogP) is 4.75. The molecule has 2 rings (SSSR count). The lowest BCUT2D eigenvalue weighted by atomic mass is 10.2. The Kier molecular flexibility index (Phi) is 5.37. The number of nitrogens with one attached hydrogen (secondary N) is 1. The average molecular weight is 349 g/mol. The maximum absolute atomic E-state index is 5.93. The maximum atomic E-state index is 5.93. The molecule has 0 saturated carbocycles. The third-order valence-electron chi connectivity index (χ3n) is 3.06. The van der Waals surface area contributed by atoms with Crippen LogP contribution in [0.2, 0.25) is 0 Å². The molecule has 0 aliphatic heterocycles. The summed E-state index contributed by atoms with van der Waals surface area (Å²) in [7, 11) is 0. The summed E-state index contributed by atoms with van der Waals surface area (Å²) < 4.78 is 6.98. The minimum Gasteiger partial charge on any atom is -0.439 e. The van der Waals surface area contributed by atoms with Crippen LogP contribution in [0.4, 0.5) is 0 Å². The molecule has 0 bridgehead atoms. The van der Waals surface area contributed by atoms with Crippen molar-refractivity contribution < 1.29 is 4.74 Å². The van der Waals surface area contributed by atoms with Gasteiger partial charge in [-0.25, -0.2) is 4.98 Å². The second kappa shape index (κ2) is 7.05. The molecule has 0 unspecified atom stereocenters. The zero-order valence-corrected chi connectivity index (χ0v) is 14.5. The standard InChI is InChI=1S/C17H21BrN2O/c1-11(2)19-10-14-8-13(4)20-17(9-14)21-16-6-5-15(18)7-12(16)3/h5-9,11,19H,10H2,1-4H3. The summed E-state index contributed by atoms with van der Waals surface area (Å²) in [6.07, 6.45) is 0. The number of halogens is 1. The smallest absolute Gasteiger partial charge is 0.219 e. The predicted molar refractivity (Wildman–Crippen MR) is 89.9 cm³/mol. The Morgan fingerprint density at radius 3 is 2.62 bits per heavy atom. The molecule has 0 aliphatic rings. The quantitative estimate of drug-likeness (QED) is 0.846. The molecule has 2 aromatic rings. The molecule has 0 atom stereocenters. The van der Waals surface area contributed by atoms with Crippen molar-refractivity contribution in [3.63, 3.8) is 0 Å². The maximum Gasteiger partial charge on any atom is 0.219 e. The number of aromatic nitrogens is 1. The number of pyridine rings is 1. The molecule has 0 spiro atoms. The van der Waals surface area contributed by atoms with E-state index in [4.69, 9.17) is 4.74 Å². The lowest BCUT2D eigenvalue weighted by molar-refractivity contribution is 0.456. The van der Waals surface area contributed by atoms with Gasteiger partial charge in [0.1, 0.15) is 5.75 Å². The lowest BCUT2D eigenvalue weighted by Gasteiger charge is -2.12.